The van der Waals surface area contributed by atoms with Crippen molar-refractivity contribution in [1.82, 2.24) is 14.9 Å². The second kappa shape index (κ2) is 8.28. The highest BCUT2D eigenvalue weighted by molar-refractivity contribution is 5.78. The van der Waals surface area contributed by atoms with Crippen LogP contribution in [-0.2, 0) is 16.0 Å². The SMILES string of the molecule is CCc1cc(NCCCN2CCCC2=O)nc(N2CCOCC2)n1. The molecule has 24 heavy (non-hydrogen) atoms. The van der Waals surface area contributed by atoms with E-state index in [-0.39, 0.29) is 0 Å². The number of nitrogens with zero attached hydrogens (tertiary/aromatic N) is 4. The van der Waals surface area contributed by atoms with Gasteiger partial charge in [0, 0.05) is 50.9 Å². The highest BCUT2D eigenvalue weighted by Gasteiger charge is 2.19. The maximum absolute atomic E-state index is 11.6. The number of carbonyl (C=O) groups is 1. The van der Waals surface area contributed by atoms with Gasteiger partial charge in [0.1, 0.15) is 5.82 Å². The van der Waals surface area contributed by atoms with Gasteiger partial charge < -0.3 is 19.9 Å². The van der Waals surface area contributed by atoms with Gasteiger partial charge in [0.15, 0.2) is 0 Å². The Hall–Kier alpha value is -1.89. The third kappa shape index (κ3) is 4.35. The van der Waals surface area contributed by atoms with Crippen LogP contribution in [0.25, 0.3) is 0 Å². The smallest absolute Gasteiger partial charge is 0.227 e. The van der Waals surface area contributed by atoms with Crippen molar-refractivity contribution in [3.63, 3.8) is 0 Å². The molecule has 2 saturated heterocycles. The minimum Gasteiger partial charge on any atom is -0.378 e. The molecule has 0 aliphatic carbocycles. The lowest BCUT2D eigenvalue weighted by atomic mass is 10.3. The van der Waals surface area contributed by atoms with Crippen molar-refractivity contribution in [3.05, 3.63) is 11.8 Å². The van der Waals surface area contributed by atoms with E-state index < -0.39 is 0 Å². The molecule has 1 N–H and O–H groups in total. The van der Waals surface area contributed by atoms with E-state index in [0.29, 0.717) is 12.3 Å². The summed E-state index contributed by atoms with van der Waals surface area (Å²) in [4.78, 5) is 25.0. The summed E-state index contributed by atoms with van der Waals surface area (Å²) in [5.74, 6) is 1.95. The number of nitrogens with one attached hydrogen (secondary N) is 1. The van der Waals surface area contributed by atoms with Crippen molar-refractivity contribution in [3.8, 4) is 0 Å². The molecule has 0 unspecified atom stereocenters. The van der Waals surface area contributed by atoms with Gasteiger partial charge in [-0.25, -0.2) is 4.98 Å². The molecule has 0 aromatic carbocycles. The zero-order valence-electron chi connectivity index (χ0n) is 14.5. The van der Waals surface area contributed by atoms with Crippen molar-refractivity contribution < 1.29 is 9.53 Å². The molecule has 132 valence electrons. The van der Waals surface area contributed by atoms with Crippen molar-refractivity contribution in [2.24, 2.45) is 0 Å². The summed E-state index contributed by atoms with van der Waals surface area (Å²) in [6.45, 7) is 7.79. The lowest BCUT2D eigenvalue weighted by Crippen LogP contribution is -2.37. The molecule has 2 fully saturated rings. The van der Waals surface area contributed by atoms with Crippen molar-refractivity contribution >= 4 is 17.7 Å². The van der Waals surface area contributed by atoms with Crippen LogP contribution < -0.4 is 10.2 Å². The Morgan fingerprint density at radius 1 is 1.25 bits per heavy atom. The summed E-state index contributed by atoms with van der Waals surface area (Å²) >= 11 is 0. The lowest BCUT2D eigenvalue weighted by molar-refractivity contribution is -0.127. The summed E-state index contributed by atoms with van der Waals surface area (Å²) in [6.07, 6.45) is 3.53. The number of aryl methyl sites for hydroxylation is 1. The van der Waals surface area contributed by atoms with Crippen LogP contribution >= 0.6 is 0 Å². The van der Waals surface area contributed by atoms with Crippen LogP contribution in [0.15, 0.2) is 6.07 Å². The van der Waals surface area contributed by atoms with Crippen molar-refractivity contribution in [2.75, 3.05) is 56.2 Å². The van der Waals surface area contributed by atoms with E-state index in [0.717, 1.165) is 82.7 Å². The fourth-order valence-corrected chi connectivity index (χ4v) is 3.09. The van der Waals surface area contributed by atoms with Gasteiger partial charge in [-0.15, -0.1) is 0 Å². The maximum atomic E-state index is 11.6. The molecule has 3 heterocycles. The molecule has 0 bridgehead atoms. The number of ether oxygens (including phenoxy) is 1. The molecule has 0 radical (unpaired) electrons. The number of morpholine rings is 1. The summed E-state index contributed by atoms with van der Waals surface area (Å²) < 4.78 is 5.40. The Morgan fingerprint density at radius 2 is 2.08 bits per heavy atom. The summed E-state index contributed by atoms with van der Waals surface area (Å²) in [6, 6.07) is 2.02. The molecular weight excluding hydrogens is 306 g/mol. The fourth-order valence-electron chi connectivity index (χ4n) is 3.09. The molecule has 2 aliphatic rings. The van der Waals surface area contributed by atoms with E-state index in [9.17, 15) is 4.79 Å². The van der Waals surface area contributed by atoms with Crippen LogP contribution in [0.1, 0.15) is 31.9 Å². The first kappa shape index (κ1) is 17.0. The normalized spacial score (nSPS) is 18.3. The first-order valence-electron chi connectivity index (χ1n) is 8.98. The van der Waals surface area contributed by atoms with Gasteiger partial charge in [0.25, 0.3) is 0 Å². The number of aromatic nitrogens is 2. The second-order valence-corrected chi connectivity index (χ2v) is 6.26. The number of anilines is 2. The van der Waals surface area contributed by atoms with Gasteiger partial charge in [-0.3, -0.25) is 4.79 Å². The van der Waals surface area contributed by atoms with Crippen LogP contribution in [0, 0.1) is 0 Å². The Labute approximate surface area is 143 Å². The average molecular weight is 333 g/mol. The highest BCUT2D eigenvalue weighted by Crippen LogP contribution is 2.16. The number of hydrogen-bond acceptors (Lipinski definition) is 6. The van der Waals surface area contributed by atoms with Crippen LogP contribution in [0.5, 0.6) is 0 Å². The van der Waals surface area contributed by atoms with E-state index in [1.165, 1.54) is 0 Å². The molecule has 0 saturated carbocycles. The standard InChI is InChI=1S/C17H27N5O2/c1-2-14-13-15(18-6-4-8-21-7-3-5-16(21)23)20-17(19-14)22-9-11-24-12-10-22/h13H,2-12H2,1H3,(H,18,19,20). The Morgan fingerprint density at radius 3 is 2.79 bits per heavy atom. The molecule has 1 aromatic heterocycles. The highest BCUT2D eigenvalue weighted by atomic mass is 16.5. The van der Waals surface area contributed by atoms with Gasteiger partial charge >= 0.3 is 0 Å². The first-order valence-corrected chi connectivity index (χ1v) is 8.98. The Kier molecular flexibility index (Phi) is 5.85. The predicted octanol–water partition coefficient (Wildman–Crippen LogP) is 1.30. The second-order valence-electron chi connectivity index (χ2n) is 6.26. The minimum atomic E-state index is 0.292. The molecule has 0 atom stereocenters. The third-order valence-electron chi connectivity index (χ3n) is 4.51. The average Bonchev–Trinajstić information content (AvgIpc) is 3.04. The van der Waals surface area contributed by atoms with Gasteiger partial charge in [-0.2, -0.15) is 4.98 Å². The minimum absolute atomic E-state index is 0.292. The van der Waals surface area contributed by atoms with E-state index in [4.69, 9.17) is 4.74 Å². The molecular formula is C17H27N5O2. The lowest BCUT2D eigenvalue weighted by Gasteiger charge is -2.27. The van der Waals surface area contributed by atoms with Gasteiger partial charge in [0.05, 0.1) is 13.2 Å². The number of carbonyl (C=O) groups excluding carboxylic acids is 1. The van der Waals surface area contributed by atoms with E-state index in [1.807, 2.05) is 11.0 Å². The molecule has 0 spiro atoms. The summed E-state index contributed by atoms with van der Waals surface area (Å²) in [5, 5.41) is 3.39. The summed E-state index contributed by atoms with van der Waals surface area (Å²) in [7, 11) is 0. The largest absolute Gasteiger partial charge is 0.378 e. The Balaban J connectivity index is 1.54. The number of likely N-dealkylation sites (tertiary alicyclic amines) is 1. The molecule has 7 heteroatoms. The topological polar surface area (TPSA) is 70.6 Å². The van der Waals surface area contributed by atoms with Crippen molar-refractivity contribution in [1.29, 1.82) is 0 Å². The van der Waals surface area contributed by atoms with Gasteiger partial charge in [0.2, 0.25) is 11.9 Å². The zero-order chi connectivity index (χ0) is 16.8. The van der Waals surface area contributed by atoms with Crippen LogP contribution in [0.3, 0.4) is 0 Å². The van der Waals surface area contributed by atoms with Crippen molar-refractivity contribution in [2.45, 2.75) is 32.6 Å². The summed E-state index contributed by atoms with van der Waals surface area (Å²) in [5.41, 5.74) is 1.05. The number of rotatable bonds is 7. The monoisotopic (exact) mass is 333 g/mol. The number of amides is 1. The predicted molar refractivity (Wildman–Crippen MR) is 93.4 cm³/mol. The molecule has 7 nitrogen and oxygen atoms in total. The first-order chi connectivity index (χ1) is 11.8. The van der Waals surface area contributed by atoms with E-state index >= 15 is 0 Å². The third-order valence-corrected chi connectivity index (χ3v) is 4.51. The van der Waals surface area contributed by atoms with Crippen LogP contribution in [0.2, 0.25) is 0 Å². The molecule has 1 aromatic rings. The maximum Gasteiger partial charge on any atom is 0.227 e. The fraction of sp³-hybridized carbons (Fsp3) is 0.706. The van der Waals surface area contributed by atoms with Crippen LogP contribution in [-0.4, -0.2) is 66.7 Å². The van der Waals surface area contributed by atoms with Gasteiger partial charge in [-0.05, 0) is 19.3 Å². The zero-order valence-corrected chi connectivity index (χ0v) is 14.5. The molecule has 3 rings (SSSR count). The van der Waals surface area contributed by atoms with Gasteiger partial charge in [-0.1, -0.05) is 6.92 Å². The molecule has 1 amide bonds. The van der Waals surface area contributed by atoms with Crippen LogP contribution in [0.4, 0.5) is 11.8 Å². The quantitative estimate of drug-likeness (QED) is 0.759. The molecule has 2 aliphatic heterocycles. The van der Waals surface area contributed by atoms with E-state index in [1.54, 1.807) is 0 Å². The Bertz CT molecular complexity index is 560. The van der Waals surface area contributed by atoms with E-state index in [2.05, 4.69) is 27.1 Å². The number of hydrogen-bond donors (Lipinski definition) is 1.